The molecule has 0 unspecified atom stereocenters. The monoisotopic (exact) mass is 558 g/mol. The molecule has 1 aliphatic heterocycles. The van der Waals surface area contributed by atoms with E-state index in [1.54, 1.807) is 6.92 Å². The van der Waals surface area contributed by atoms with E-state index in [-0.39, 0.29) is 29.6 Å². The minimum atomic E-state index is -4.76. The van der Waals surface area contributed by atoms with Crippen LogP contribution in [0, 0.1) is 17.0 Å². The van der Waals surface area contributed by atoms with Gasteiger partial charge in [0.2, 0.25) is 5.75 Å². The van der Waals surface area contributed by atoms with Gasteiger partial charge < -0.3 is 9.47 Å². The average molecular weight is 559 g/mol. The number of alkyl halides is 3. The Morgan fingerprint density at radius 1 is 1.00 bits per heavy atom. The van der Waals surface area contributed by atoms with Gasteiger partial charge in [-0.3, -0.25) is 24.6 Å². The van der Waals surface area contributed by atoms with E-state index in [9.17, 15) is 32.9 Å². The van der Waals surface area contributed by atoms with Crippen LogP contribution in [0.5, 0.6) is 17.2 Å². The van der Waals surface area contributed by atoms with E-state index in [1.165, 1.54) is 24.3 Å². The van der Waals surface area contributed by atoms with Gasteiger partial charge in [-0.2, -0.15) is 13.2 Å². The van der Waals surface area contributed by atoms with Crippen LogP contribution in [0.25, 0.3) is 6.08 Å². The van der Waals surface area contributed by atoms with E-state index in [0.29, 0.717) is 17.7 Å². The maximum atomic E-state index is 13.0. The fourth-order valence-corrected chi connectivity index (χ4v) is 4.51. The lowest BCUT2D eigenvalue weighted by Crippen LogP contribution is -2.27. The summed E-state index contributed by atoms with van der Waals surface area (Å²) in [5.74, 6) is -0.702. The van der Waals surface area contributed by atoms with Crippen LogP contribution >= 0.6 is 11.8 Å². The quantitative estimate of drug-likeness (QED) is 0.162. The second kappa shape index (κ2) is 11.2. The first kappa shape index (κ1) is 27.7. The number of hydrogen-bond donors (Lipinski definition) is 0. The molecule has 2 amide bonds. The number of aryl methyl sites for hydroxylation is 1. The van der Waals surface area contributed by atoms with Crippen molar-refractivity contribution in [2.45, 2.75) is 26.6 Å². The lowest BCUT2D eigenvalue weighted by molar-refractivity contribution is -0.385. The molecule has 39 heavy (non-hydrogen) atoms. The van der Waals surface area contributed by atoms with Crippen LogP contribution in [-0.4, -0.2) is 27.6 Å². The second-order valence-corrected chi connectivity index (χ2v) is 9.43. The lowest BCUT2D eigenvalue weighted by atomic mass is 10.1. The third kappa shape index (κ3) is 6.40. The molecule has 0 N–H and O–H groups in total. The third-order valence-corrected chi connectivity index (χ3v) is 6.51. The number of thioether (sulfide) groups is 1. The molecule has 0 bridgehead atoms. The van der Waals surface area contributed by atoms with Crippen LogP contribution in [0.3, 0.4) is 0 Å². The number of halogens is 3. The predicted molar refractivity (Wildman–Crippen MR) is 138 cm³/mol. The Morgan fingerprint density at radius 3 is 2.33 bits per heavy atom. The normalized spacial score (nSPS) is 14.7. The SMILES string of the molecule is CCOc1cc(/C=C2\SC(=O)N(Cc3ccc(C)cc3)C2=O)ccc1Oc1ccc(C(F)(F)F)cc1[N+](=O)[O-]. The van der Waals surface area contributed by atoms with Gasteiger partial charge in [-0.25, -0.2) is 0 Å². The third-order valence-electron chi connectivity index (χ3n) is 5.60. The number of rotatable bonds is 8. The van der Waals surface area contributed by atoms with E-state index in [1.807, 2.05) is 31.2 Å². The van der Waals surface area contributed by atoms with Crippen molar-refractivity contribution < 1.29 is 37.2 Å². The molecule has 1 saturated heterocycles. The number of amides is 2. The number of ether oxygens (including phenoxy) is 2. The number of nitro benzene ring substituents is 1. The highest BCUT2D eigenvalue weighted by Crippen LogP contribution is 2.41. The first-order chi connectivity index (χ1) is 18.5. The van der Waals surface area contributed by atoms with Crippen molar-refractivity contribution in [3.05, 3.63) is 97.9 Å². The number of benzene rings is 3. The molecule has 8 nitrogen and oxygen atoms in total. The van der Waals surface area contributed by atoms with Crippen molar-refractivity contribution in [3.8, 4) is 17.2 Å². The maximum absolute atomic E-state index is 13.0. The van der Waals surface area contributed by atoms with Crippen LogP contribution < -0.4 is 9.47 Å². The summed E-state index contributed by atoms with van der Waals surface area (Å²) in [6.45, 7) is 3.94. The van der Waals surface area contributed by atoms with E-state index in [4.69, 9.17) is 9.47 Å². The number of nitrogens with zero attached hydrogens (tertiary/aromatic N) is 2. The van der Waals surface area contributed by atoms with Crippen LogP contribution in [0.1, 0.15) is 29.2 Å². The van der Waals surface area contributed by atoms with Crippen LogP contribution in [0.2, 0.25) is 0 Å². The van der Waals surface area contributed by atoms with E-state index in [2.05, 4.69) is 0 Å². The van der Waals surface area contributed by atoms with Crippen molar-refractivity contribution in [3.63, 3.8) is 0 Å². The van der Waals surface area contributed by atoms with E-state index < -0.39 is 39.2 Å². The van der Waals surface area contributed by atoms with Crippen molar-refractivity contribution >= 4 is 34.7 Å². The number of nitro groups is 1. The highest BCUT2D eigenvalue weighted by Gasteiger charge is 2.35. The van der Waals surface area contributed by atoms with Gasteiger partial charge in [0.05, 0.1) is 28.5 Å². The van der Waals surface area contributed by atoms with Gasteiger partial charge in [0.25, 0.3) is 11.1 Å². The van der Waals surface area contributed by atoms with Gasteiger partial charge in [-0.05, 0) is 67.1 Å². The van der Waals surface area contributed by atoms with Gasteiger partial charge in [0, 0.05) is 6.07 Å². The molecule has 1 heterocycles. The van der Waals surface area contributed by atoms with Gasteiger partial charge >= 0.3 is 11.9 Å². The van der Waals surface area contributed by atoms with Gasteiger partial charge in [0.1, 0.15) is 0 Å². The van der Waals surface area contributed by atoms with Crippen LogP contribution in [-0.2, 0) is 17.5 Å². The highest BCUT2D eigenvalue weighted by molar-refractivity contribution is 8.18. The molecular formula is C27H21F3N2O6S. The standard InChI is InChI=1S/C27H21F3N2O6S/c1-3-37-23-12-18(13-24-25(33)31(26(34)39-24)15-17-6-4-16(2)5-7-17)8-10-22(23)38-21-11-9-19(27(28,29)30)14-20(21)32(35)36/h4-14H,3,15H2,1-2H3/b24-13-. The summed E-state index contributed by atoms with van der Waals surface area (Å²) in [6.07, 6.45) is -3.26. The molecule has 0 spiro atoms. The Labute approximate surface area is 225 Å². The number of carbonyl (C=O) groups is 2. The smallest absolute Gasteiger partial charge is 0.416 e. The van der Waals surface area contributed by atoms with Crippen molar-refractivity contribution in [1.82, 2.24) is 4.90 Å². The maximum Gasteiger partial charge on any atom is 0.416 e. The average Bonchev–Trinajstić information content (AvgIpc) is 3.13. The summed E-state index contributed by atoms with van der Waals surface area (Å²) >= 11 is 0.793. The Bertz CT molecular complexity index is 1470. The van der Waals surface area contributed by atoms with E-state index >= 15 is 0 Å². The number of carbonyl (C=O) groups excluding carboxylic acids is 2. The van der Waals surface area contributed by atoms with Gasteiger partial charge in [0.15, 0.2) is 11.5 Å². The zero-order chi connectivity index (χ0) is 28.3. The second-order valence-electron chi connectivity index (χ2n) is 8.43. The molecule has 0 atom stereocenters. The minimum absolute atomic E-state index is 0.0179. The summed E-state index contributed by atoms with van der Waals surface area (Å²) in [7, 11) is 0. The van der Waals surface area contributed by atoms with Crippen LogP contribution in [0.4, 0.5) is 23.7 Å². The Morgan fingerprint density at radius 2 is 1.69 bits per heavy atom. The molecule has 0 saturated carbocycles. The molecule has 3 aromatic rings. The summed E-state index contributed by atoms with van der Waals surface area (Å²) in [5.41, 5.74) is 0.297. The zero-order valence-electron chi connectivity index (χ0n) is 20.7. The van der Waals surface area contributed by atoms with Crippen LogP contribution in [0.15, 0.2) is 65.6 Å². The summed E-state index contributed by atoms with van der Waals surface area (Å²) < 4.78 is 50.2. The fraction of sp³-hybridized carbons (Fsp3) is 0.185. The molecule has 4 rings (SSSR count). The summed E-state index contributed by atoms with van der Waals surface area (Å²) in [4.78, 5) is 37.2. The first-order valence-corrected chi connectivity index (χ1v) is 12.4. The van der Waals surface area contributed by atoms with E-state index in [0.717, 1.165) is 33.9 Å². The number of imide groups is 1. The van der Waals surface area contributed by atoms with Gasteiger partial charge in [-0.1, -0.05) is 35.9 Å². The minimum Gasteiger partial charge on any atom is -0.490 e. The fourth-order valence-electron chi connectivity index (χ4n) is 3.67. The molecule has 1 fully saturated rings. The highest BCUT2D eigenvalue weighted by atomic mass is 32.2. The topological polar surface area (TPSA) is 99.0 Å². The molecule has 1 aliphatic rings. The molecule has 0 aliphatic carbocycles. The molecule has 0 radical (unpaired) electrons. The Balaban J connectivity index is 1.59. The summed E-state index contributed by atoms with van der Waals surface area (Å²) in [6, 6.07) is 13.9. The Kier molecular flexibility index (Phi) is 7.95. The largest absolute Gasteiger partial charge is 0.490 e. The molecule has 0 aromatic heterocycles. The molecular weight excluding hydrogens is 537 g/mol. The van der Waals surface area contributed by atoms with Crippen molar-refractivity contribution in [2.24, 2.45) is 0 Å². The number of hydrogen-bond acceptors (Lipinski definition) is 7. The van der Waals surface area contributed by atoms with Crippen molar-refractivity contribution in [2.75, 3.05) is 6.61 Å². The lowest BCUT2D eigenvalue weighted by Gasteiger charge is -2.14. The van der Waals surface area contributed by atoms with Crippen molar-refractivity contribution in [1.29, 1.82) is 0 Å². The predicted octanol–water partition coefficient (Wildman–Crippen LogP) is 7.35. The molecule has 202 valence electrons. The Hall–Kier alpha value is -4.32. The first-order valence-electron chi connectivity index (χ1n) is 11.6. The molecule has 3 aromatic carbocycles. The molecule has 12 heteroatoms. The zero-order valence-corrected chi connectivity index (χ0v) is 21.5. The van der Waals surface area contributed by atoms with Gasteiger partial charge in [-0.15, -0.1) is 0 Å². The summed E-state index contributed by atoms with van der Waals surface area (Å²) in [5, 5.41) is 11.0.